The minimum absolute atomic E-state index is 0.0786. The van der Waals surface area contributed by atoms with E-state index in [-0.39, 0.29) is 21.9 Å². The number of carbonyl (C=O) groups excluding carboxylic acids is 1. The Labute approximate surface area is 122 Å². The predicted octanol–water partition coefficient (Wildman–Crippen LogP) is 3.96. The molecule has 0 heterocycles. The molecule has 0 bridgehead atoms. The average Bonchev–Trinajstić information content (AvgIpc) is 2.31. The smallest absolute Gasteiger partial charge is 0.241 e. The van der Waals surface area contributed by atoms with Crippen LogP contribution in [0.3, 0.4) is 0 Å². The number of carbonyl (C=O) groups is 1. The summed E-state index contributed by atoms with van der Waals surface area (Å²) in [6.45, 7) is 3.88. The fourth-order valence-corrected chi connectivity index (χ4v) is 2.29. The summed E-state index contributed by atoms with van der Waals surface area (Å²) in [5, 5.41) is 3.62. The van der Waals surface area contributed by atoms with E-state index in [0.29, 0.717) is 10.7 Å². The Balaban J connectivity index is 2.89. The topological polar surface area (TPSA) is 55.1 Å². The van der Waals surface area contributed by atoms with Gasteiger partial charge in [-0.15, -0.1) is 0 Å². The number of nitrogens with two attached hydrogens (primary N) is 1. The van der Waals surface area contributed by atoms with Gasteiger partial charge in [0.05, 0.1) is 21.8 Å². The Bertz CT molecular complexity index is 428. The van der Waals surface area contributed by atoms with Crippen molar-refractivity contribution >= 4 is 46.4 Å². The molecule has 1 amide bonds. The van der Waals surface area contributed by atoms with Gasteiger partial charge in [-0.2, -0.15) is 0 Å². The molecule has 0 radical (unpaired) electrons. The number of nitrogens with one attached hydrogen (secondary N) is 1. The standard InChI is InChI=1S/C12H15Cl3N2O/c1-3-6(2)10(16)12(18)17-11-8(14)4-7(13)5-9(11)15/h4-6,10H,3,16H2,1-2H3,(H,17,18). The van der Waals surface area contributed by atoms with Crippen LogP contribution in [-0.4, -0.2) is 11.9 Å². The fraction of sp³-hybridized carbons (Fsp3) is 0.417. The summed E-state index contributed by atoms with van der Waals surface area (Å²) >= 11 is 17.7. The second-order valence-electron chi connectivity index (χ2n) is 4.15. The summed E-state index contributed by atoms with van der Waals surface area (Å²) in [5.74, 6) is -0.231. The fourth-order valence-electron chi connectivity index (χ4n) is 1.38. The lowest BCUT2D eigenvalue weighted by atomic mass is 9.99. The first-order valence-corrected chi connectivity index (χ1v) is 6.71. The van der Waals surface area contributed by atoms with E-state index in [1.54, 1.807) is 0 Å². The molecular formula is C12H15Cl3N2O. The molecule has 0 saturated carbocycles. The summed E-state index contributed by atoms with van der Waals surface area (Å²) in [4.78, 5) is 11.9. The van der Waals surface area contributed by atoms with E-state index < -0.39 is 6.04 Å². The average molecular weight is 310 g/mol. The molecule has 0 aromatic heterocycles. The molecule has 0 saturated heterocycles. The van der Waals surface area contributed by atoms with Gasteiger partial charge in [0.15, 0.2) is 0 Å². The highest BCUT2D eigenvalue weighted by Crippen LogP contribution is 2.33. The Kier molecular flexibility index (Phi) is 5.73. The van der Waals surface area contributed by atoms with Crippen molar-refractivity contribution in [3.05, 3.63) is 27.2 Å². The van der Waals surface area contributed by atoms with Crippen molar-refractivity contribution < 1.29 is 4.79 Å². The Morgan fingerprint density at radius 3 is 2.28 bits per heavy atom. The number of halogens is 3. The zero-order valence-corrected chi connectivity index (χ0v) is 12.4. The summed E-state index contributed by atoms with van der Waals surface area (Å²) in [7, 11) is 0. The lowest BCUT2D eigenvalue weighted by Crippen LogP contribution is -2.40. The van der Waals surface area contributed by atoms with Crippen molar-refractivity contribution in [1.82, 2.24) is 0 Å². The van der Waals surface area contributed by atoms with Crippen LogP contribution in [0.25, 0.3) is 0 Å². The summed E-state index contributed by atoms with van der Waals surface area (Å²) in [6.07, 6.45) is 0.816. The number of amides is 1. The first-order valence-electron chi connectivity index (χ1n) is 5.57. The van der Waals surface area contributed by atoms with E-state index in [4.69, 9.17) is 40.5 Å². The Morgan fingerprint density at radius 1 is 1.33 bits per heavy atom. The SMILES string of the molecule is CCC(C)C(N)C(=O)Nc1c(Cl)cc(Cl)cc1Cl. The Hall–Kier alpha value is -0.480. The molecule has 1 aromatic carbocycles. The maximum absolute atomic E-state index is 11.9. The molecule has 3 nitrogen and oxygen atoms in total. The van der Waals surface area contributed by atoms with Crippen LogP contribution in [0.2, 0.25) is 15.1 Å². The first kappa shape index (κ1) is 15.6. The van der Waals surface area contributed by atoms with E-state index in [1.165, 1.54) is 12.1 Å². The number of hydrogen-bond donors (Lipinski definition) is 2. The van der Waals surface area contributed by atoms with Gasteiger partial charge in [-0.1, -0.05) is 55.1 Å². The van der Waals surface area contributed by atoms with Crippen LogP contribution in [-0.2, 0) is 4.79 Å². The van der Waals surface area contributed by atoms with Crippen LogP contribution in [0.4, 0.5) is 5.69 Å². The molecule has 3 N–H and O–H groups in total. The lowest BCUT2D eigenvalue weighted by molar-refractivity contribution is -0.118. The molecule has 2 atom stereocenters. The highest BCUT2D eigenvalue weighted by Gasteiger charge is 2.21. The normalized spacial score (nSPS) is 14.1. The molecule has 0 spiro atoms. The van der Waals surface area contributed by atoms with Crippen molar-refractivity contribution in [2.45, 2.75) is 26.3 Å². The lowest BCUT2D eigenvalue weighted by Gasteiger charge is -2.18. The predicted molar refractivity (Wildman–Crippen MR) is 77.5 cm³/mol. The molecule has 0 aliphatic carbocycles. The molecule has 0 fully saturated rings. The second-order valence-corrected chi connectivity index (χ2v) is 5.40. The molecular weight excluding hydrogens is 295 g/mol. The van der Waals surface area contributed by atoms with Crippen molar-refractivity contribution in [3.8, 4) is 0 Å². The van der Waals surface area contributed by atoms with Gasteiger partial charge in [0, 0.05) is 5.02 Å². The van der Waals surface area contributed by atoms with Gasteiger partial charge in [0.25, 0.3) is 0 Å². The van der Waals surface area contributed by atoms with Gasteiger partial charge in [-0.25, -0.2) is 0 Å². The summed E-state index contributed by atoms with van der Waals surface area (Å²) in [5.41, 5.74) is 6.16. The maximum Gasteiger partial charge on any atom is 0.241 e. The molecule has 6 heteroatoms. The highest BCUT2D eigenvalue weighted by atomic mass is 35.5. The maximum atomic E-state index is 11.9. The van der Waals surface area contributed by atoms with Gasteiger partial charge in [-0.05, 0) is 18.1 Å². The van der Waals surface area contributed by atoms with Gasteiger partial charge in [0.2, 0.25) is 5.91 Å². The van der Waals surface area contributed by atoms with E-state index >= 15 is 0 Å². The molecule has 100 valence electrons. The first-order chi connectivity index (χ1) is 8.36. The molecule has 0 aliphatic heterocycles. The van der Waals surface area contributed by atoms with Crippen molar-refractivity contribution in [3.63, 3.8) is 0 Å². The zero-order chi connectivity index (χ0) is 13.9. The third-order valence-electron chi connectivity index (χ3n) is 2.81. The number of hydrogen-bond acceptors (Lipinski definition) is 2. The molecule has 2 unspecified atom stereocenters. The van der Waals surface area contributed by atoms with Crippen LogP contribution in [0.1, 0.15) is 20.3 Å². The van der Waals surface area contributed by atoms with Gasteiger partial charge in [0.1, 0.15) is 0 Å². The van der Waals surface area contributed by atoms with E-state index in [2.05, 4.69) is 5.32 Å². The number of benzene rings is 1. The summed E-state index contributed by atoms with van der Waals surface area (Å²) in [6, 6.07) is 2.43. The van der Waals surface area contributed by atoms with Crippen molar-refractivity contribution in [1.29, 1.82) is 0 Å². The van der Waals surface area contributed by atoms with E-state index in [1.807, 2.05) is 13.8 Å². The molecule has 1 aromatic rings. The minimum Gasteiger partial charge on any atom is -0.322 e. The summed E-state index contributed by atoms with van der Waals surface area (Å²) < 4.78 is 0. The monoisotopic (exact) mass is 308 g/mol. The quantitative estimate of drug-likeness (QED) is 0.884. The second kappa shape index (κ2) is 6.62. The van der Waals surface area contributed by atoms with Gasteiger partial charge < -0.3 is 11.1 Å². The molecule has 18 heavy (non-hydrogen) atoms. The van der Waals surface area contributed by atoms with Gasteiger partial charge >= 0.3 is 0 Å². The van der Waals surface area contributed by atoms with Gasteiger partial charge in [-0.3, -0.25) is 4.79 Å². The van der Waals surface area contributed by atoms with Crippen LogP contribution in [0.15, 0.2) is 12.1 Å². The zero-order valence-electron chi connectivity index (χ0n) is 10.1. The van der Waals surface area contributed by atoms with Crippen molar-refractivity contribution in [2.75, 3.05) is 5.32 Å². The van der Waals surface area contributed by atoms with Crippen LogP contribution in [0, 0.1) is 5.92 Å². The number of rotatable bonds is 4. The molecule has 1 rings (SSSR count). The Morgan fingerprint density at radius 2 is 1.83 bits per heavy atom. The number of anilines is 1. The minimum atomic E-state index is -0.599. The van der Waals surface area contributed by atoms with Crippen molar-refractivity contribution in [2.24, 2.45) is 11.7 Å². The highest BCUT2D eigenvalue weighted by molar-refractivity contribution is 6.42. The van der Waals surface area contributed by atoms with Crippen LogP contribution < -0.4 is 11.1 Å². The van der Waals surface area contributed by atoms with E-state index in [0.717, 1.165) is 6.42 Å². The third-order valence-corrected chi connectivity index (χ3v) is 3.63. The molecule has 0 aliphatic rings. The van der Waals surface area contributed by atoms with Crippen LogP contribution in [0.5, 0.6) is 0 Å². The largest absolute Gasteiger partial charge is 0.322 e. The van der Waals surface area contributed by atoms with E-state index in [9.17, 15) is 4.79 Å². The third kappa shape index (κ3) is 3.75. The van der Waals surface area contributed by atoms with Crippen LogP contribution >= 0.6 is 34.8 Å².